The molecule has 17 N–H and O–H groups in total. The Kier molecular flexibility index (Phi) is 80.1. The van der Waals surface area contributed by atoms with Crippen LogP contribution in [0.2, 0.25) is 0 Å². The van der Waals surface area contributed by atoms with Crippen LogP contribution in [0.1, 0.15) is 106 Å². The minimum absolute atomic E-state index is 0. The topological polar surface area (TPSA) is 687 Å². The first-order valence-electron chi connectivity index (χ1n) is 29.6. The van der Waals surface area contributed by atoms with Crippen LogP contribution in [-0.2, 0) is 166 Å². The number of aromatic amines is 1. The van der Waals surface area contributed by atoms with E-state index in [9.17, 15) is 100 Å². The smallest absolute Gasteiger partial charge is 0.323 e. The molecule has 42 nitrogen and oxygen atoms in total. The summed E-state index contributed by atoms with van der Waals surface area (Å²) in [5.74, 6) is -7.94. The zero-order chi connectivity index (χ0) is 83.5. The van der Waals surface area contributed by atoms with E-state index in [4.69, 9.17) is 38.3 Å². The number of hydrogen-bond donors (Lipinski definition) is 11. The van der Waals surface area contributed by atoms with Gasteiger partial charge in [0.05, 0.1) is 64.6 Å². The molecule has 4 aromatic rings. The van der Waals surface area contributed by atoms with E-state index in [0.717, 1.165) is 16.1 Å². The van der Waals surface area contributed by atoms with Gasteiger partial charge in [-0.25, -0.2) is 4.98 Å². The summed E-state index contributed by atoms with van der Waals surface area (Å²) in [5, 5.41) is 36.1. The summed E-state index contributed by atoms with van der Waals surface area (Å²) in [7, 11) is 0. The second kappa shape index (κ2) is 69.7. The van der Waals surface area contributed by atoms with E-state index >= 15 is 0 Å². The van der Waals surface area contributed by atoms with Gasteiger partial charge in [-0.15, -0.1) is 0 Å². The number of halogens is 4. The van der Waals surface area contributed by atoms with Gasteiger partial charge in [-0.05, 0) is 113 Å². The Morgan fingerprint density at radius 1 is 0.482 bits per heavy atom. The van der Waals surface area contributed by atoms with Crippen LogP contribution in [0.3, 0.4) is 0 Å². The molecule has 622 valence electrons. The van der Waals surface area contributed by atoms with Gasteiger partial charge in [0.2, 0.25) is 16.9 Å². The molecule has 0 aromatic carbocycles. The molecule has 0 radical (unpaired) electrons. The Bertz CT molecular complexity index is 3820. The first-order valence-corrected chi connectivity index (χ1v) is 38.2. The molecule has 0 spiro atoms. The van der Waals surface area contributed by atoms with Crippen molar-refractivity contribution in [2.45, 2.75) is 150 Å². The number of Topliss-reactive ketones (excluding diaryl/α,β-unsaturated/α-hetero) is 9. The average molecular weight is 2350 g/mol. The summed E-state index contributed by atoms with van der Waals surface area (Å²) in [4.78, 5) is 227. The van der Waals surface area contributed by atoms with Crippen LogP contribution < -0.4 is 65.8 Å². The molecule has 0 aliphatic carbocycles. The number of nitrogens with one attached hydrogen (secondary N) is 8. The fraction of sp³-hybridized carbons (Fsp3) is 0.483. The van der Waals surface area contributed by atoms with E-state index in [-0.39, 0.29) is 204 Å². The molecule has 0 aliphatic rings. The normalized spacial score (nSPS) is 9.70. The maximum Gasteiger partial charge on any atom is 0.323 e. The zero-order valence-electron chi connectivity index (χ0n) is 61.7. The Balaban J connectivity index is -0.000000111. The molecule has 110 heavy (non-hydrogen) atoms. The number of hydrogen-bond acceptors (Lipinski definition) is 28. The predicted molar refractivity (Wildman–Crippen MR) is 408 cm³/mol. The first-order chi connectivity index (χ1) is 48.0. The summed E-state index contributed by atoms with van der Waals surface area (Å²) in [6.07, 6.45) is 4.62. The summed E-state index contributed by atoms with van der Waals surface area (Å²) in [6, 6.07) is 0. The van der Waals surface area contributed by atoms with E-state index in [1.54, 1.807) is 40.8 Å². The number of H-pyrrole nitrogens is 1. The van der Waals surface area contributed by atoms with Gasteiger partial charge in [0.15, 0.2) is 4.60 Å². The third kappa shape index (κ3) is 72.3. The molecule has 0 saturated heterocycles. The van der Waals surface area contributed by atoms with Crippen LogP contribution in [0.4, 0.5) is 11.6 Å². The molecule has 5 amide bonds. The van der Waals surface area contributed by atoms with E-state index < -0.39 is 85.2 Å². The van der Waals surface area contributed by atoms with Crippen molar-refractivity contribution in [3.8, 4) is 0 Å². The maximum absolute atomic E-state index is 11.4. The average Bonchev–Trinajstić information content (AvgIpc) is 0.864. The molecule has 4 rings (SSSR count). The van der Waals surface area contributed by atoms with Gasteiger partial charge in [0, 0.05) is 176 Å². The summed E-state index contributed by atoms with van der Waals surface area (Å²) < 4.78 is 12.8. The van der Waals surface area contributed by atoms with Crippen molar-refractivity contribution >= 4 is 165 Å². The number of aliphatic hydroxyl groups excluding tert-OH is 2. The number of ketones is 9. The second-order valence-corrected chi connectivity index (χ2v) is 40.2. The van der Waals surface area contributed by atoms with E-state index in [1.807, 2.05) is 0 Å². The van der Waals surface area contributed by atoms with Crippen molar-refractivity contribution in [2.75, 3.05) is 45.8 Å². The quantitative estimate of drug-likeness (QED) is 0.0406. The molecular formula is C60H94Br4N18O24PW3-3. The number of aryl methyl sites for hydroxylation is 4. The van der Waals surface area contributed by atoms with Gasteiger partial charge >= 0.3 is 40.7 Å². The van der Waals surface area contributed by atoms with Crippen LogP contribution in [-0.4, -0.2) is 199 Å². The van der Waals surface area contributed by atoms with Crippen LogP contribution in [0.5, 0.6) is 0 Å². The van der Waals surface area contributed by atoms with Crippen molar-refractivity contribution in [3.05, 3.63) is 122 Å². The molecular weight excluding hydrogens is 2260 g/mol. The number of aromatic nitrogens is 8. The number of carbonyl (C=O) groups excluding carboxylic acids is 14. The number of aliphatic carboxylic acids is 1. The Labute approximate surface area is 707 Å². The van der Waals surface area contributed by atoms with E-state index in [1.165, 1.54) is 90.0 Å². The van der Waals surface area contributed by atoms with Gasteiger partial charge in [0.25, 0.3) is 14.7 Å². The fourth-order valence-electron chi connectivity index (χ4n) is 5.37. The number of carboxylic acids is 1. The monoisotopic (exact) mass is 2350 g/mol. The van der Waals surface area contributed by atoms with Gasteiger partial charge in [-0.1, -0.05) is 19.8 Å². The molecule has 50 heteroatoms. The standard InChI is InChI=1S/C8H9BrN2O2.C8H10N3O2.C8H14N2O4.C8H12N2O4.C8H10N2O3.C7H9N3O3.C6H9NO3.C3H9NO.C3H7NO.CH4.Br3OP.H2N.3W/c2*1-5-3-10-7(9)8(13)11(5)4-6(2)12;2*1-5(11)3-9-7(13)8(14)10-4-6(2)12;1-5-3-9-7(12)8(13)10(5)4-6(2)11;1-4-2-9-6(8)7(13)10(4)3-5(11)12;1-4(8)3-7-6(10)5(2)9;2*1-3(5)2-4;;1-5(2,3)4;;;;/h3H,4H2,1-2H3;3H,4H2,1-2H3,(H-,9,10);5,11H,3-4H2,1-2H3,(H,9,13)(H,10,14);3-4H2,1-2H3,(H,9,13)(H,10,14);3H,4H2,1-2H3,(H,9,12);2H,3H2,1H3,(H3,8,9,11,12);3H2,1-2H3,(H,7,10);3,5H,2,4H2,1H3;2,4H2,1H3;1H4;;1H2;;;/q;-1;;;;;;;;;;-1;;;/p-1. The number of rotatable bonds is 21. The molecule has 4 heterocycles. The molecule has 2 atom stereocenters. The van der Waals surface area contributed by atoms with Crippen molar-refractivity contribution in [2.24, 2.45) is 11.5 Å². The number of nitrogens with two attached hydrogens (primary N) is 3. The summed E-state index contributed by atoms with van der Waals surface area (Å²) in [6.45, 7) is 21.3. The van der Waals surface area contributed by atoms with Gasteiger partial charge < -0.3 is 99.6 Å². The summed E-state index contributed by atoms with van der Waals surface area (Å²) >= 11 is 11.3. The van der Waals surface area contributed by atoms with Crippen molar-refractivity contribution in [1.29, 1.82) is 0 Å². The molecule has 4 aromatic heterocycles. The molecule has 0 saturated carbocycles. The van der Waals surface area contributed by atoms with Crippen LogP contribution >= 0.6 is 65.6 Å². The van der Waals surface area contributed by atoms with Crippen molar-refractivity contribution in [1.82, 2.24) is 64.8 Å². The zero-order valence-corrected chi connectivity index (χ0v) is 77.7. The number of carboxylic acid groups (broad SMARTS) is 1. The SMILES string of the molecule is C.CC(=O)CN.CC(=O)CNC(=O)C(=O)NCC(C)=O.CC(=O)CNC(=O)C(=O)NCC(C)O.CC(=O)CNC(=O)C(C)=O.CC(=O)Cn1c(C)c[nH]c(=O)c1=O.CC(=O)Cn1c(C)cnc(Br)c1=O.CC(=O)Cn1c(C)cnc([NH-])c1=O.CC(O)CN.Cc1cnc([NH-])c(=O)n1CC(=O)O.O=P(Br)(Br)Br.[NH2-].[W].[W].[W]. The number of amides is 5. The fourth-order valence-corrected chi connectivity index (χ4v) is 5.69. The van der Waals surface area contributed by atoms with Crippen LogP contribution in [0.15, 0.2) is 53.4 Å². The molecule has 0 fully saturated rings. The van der Waals surface area contributed by atoms with Crippen LogP contribution in [0.25, 0.3) is 17.6 Å². The maximum atomic E-state index is 11.4. The van der Waals surface area contributed by atoms with Crippen LogP contribution in [0, 0.1) is 27.7 Å². The van der Waals surface area contributed by atoms with Gasteiger partial charge in [-0.3, -0.25) is 105 Å². The third-order valence-corrected chi connectivity index (χ3v) is 10.9. The second-order valence-electron chi connectivity index (χ2n) is 21.1. The summed E-state index contributed by atoms with van der Waals surface area (Å²) in [5.41, 5.74) is 23.4. The number of nitrogens with zero attached hydrogens (tertiary/aromatic N) is 7. The molecule has 2 unspecified atom stereocenters. The molecule has 0 bridgehead atoms. The van der Waals surface area contributed by atoms with Gasteiger partial charge in [0.1, 0.15) is 52.8 Å². The minimum Gasteiger partial charge on any atom is -0.693 e. The first kappa shape index (κ1) is 126. The number of aliphatic hydroxyl groups is 2. The molecule has 0 aliphatic heterocycles. The Morgan fingerprint density at radius 2 is 0.745 bits per heavy atom. The van der Waals surface area contributed by atoms with Crippen molar-refractivity contribution < 1.29 is 155 Å². The van der Waals surface area contributed by atoms with E-state index in [2.05, 4.69) is 109 Å². The predicted octanol–water partition coefficient (Wildman–Crippen LogP) is 0.833. The van der Waals surface area contributed by atoms with Gasteiger partial charge in [-0.2, -0.15) is 0 Å². The minimum atomic E-state index is -2.20. The Morgan fingerprint density at radius 3 is 1.00 bits per heavy atom. The third-order valence-electron chi connectivity index (χ3n) is 10.3. The van der Waals surface area contributed by atoms with Crippen molar-refractivity contribution in [3.63, 3.8) is 0 Å². The number of carbonyl (C=O) groups is 15. The van der Waals surface area contributed by atoms with E-state index in [0.29, 0.717) is 29.3 Å². The Hall–Kier alpha value is -7.22. The largest absolute Gasteiger partial charge is 0.693 e.